The second kappa shape index (κ2) is 6.78. The number of nitrogens with one attached hydrogen (secondary N) is 1. The van der Waals surface area contributed by atoms with Gasteiger partial charge in [0.1, 0.15) is 5.75 Å². The Morgan fingerprint density at radius 1 is 1.18 bits per heavy atom. The molecule has 0 unspecified atom stereocenters. The van der Waals surface area contributed by atoms with Gasteiger partial charge in [-0.3, -0.25) is 4.90 Å². The summed E-state index contributed by atoms with van der Waals surface area (Å²) in [5, 5.41) is 14.9. The van der Waals surface area contributed by atoms with Crippen LogP contribution in [0, 0.1) is 11.3 Å². The van der Waals surface area contributed by atoms with E-state index in [1.807, 2.05) is 12.1 Å². The number of hydrogen-bond acceptors (Lipinski definition) is 4. The molecule has 0 radical (unpaired) electrons. The molecular formula is C18H21N3O. The quantitative estimate of drug-likeness (QED) is 0.942. The summed E-state index contributed by atoms with van der Waals surface area (Å²) in [4.78, 5) is 2.41. The van der Waals surface area contributed by atoms with Gasteiger partial charge in [-0.1, -0.05) is 18.2 Å². The van der Waals surface area contributed by atoms with Crippen molar-refractivity contribution in [3.63, 3.8) is 0 Å². The van der Waals surface area contributed by atoms with Gasteiger partial charge in [0.2, 0.25) is 0 Å². The van der Waals surface area contributed by atoms with Crippen LogP contribution in [0.2, 0.25) is 0 Å². The predicted molar refractivity (Wildman–Crippen MR) is 87.9 cm³/mol. The Balaban J connectivity index is 1.93. The molecule has 4 nitrogen and oxygen atoms in total. The molecule has 1 fully saturated rings. The summed E-state index contributed by atoms with van der Waals surface area (Å²) in [6.45, 7) is 3.97. The highest BCUT2D eigenvalue weighted by atomic mass is 16.5. The van der Waals surface area contributed by atoms with Crippen molar-refractivity contribution in [2.24, 2.45) is 0 Å². The largest absolute Gasteiger partial charge is 0.497 e. The molecule has 0 amide bonds. The second-order valence-corrected chi connectivity index (χ2v) is 5.64. The van der Waals surface area contributed by atoms with Crippen LogP contribution in [0.5, 0.6) is 5.75 Å². The third kappa shape index (κ3) is 3.06. The predicted octanol–water partition coefficient (Wildman–Crippen LogP) is 2.71. The molecule has 0 bridgehead atoms. The molecule has 0 saturated carbocycles. The average molecular weight is 295 g/mol. The van der Waals surface area contributed by atoms with E-state index in [1.165, 1.54) is 16.3 Å². The zero-order valence-corrected chi connectivity index (χ0v) is 12.9. The van der Waals surface area contributed by atoms with Gasteiger partial charge in [0, 0.05) is 32.2 Å². The summed E-state index contributed by atoms with van der Waals surface area (Å²) in [6, 6.07) is 15.1. The Labute approximate surface area is 131 Å². The molecule has 0 aromatic heterocycles. The van der Waals surface area contributed by atoms with Gasteiger partial charge in [-0.25, -0.2) is 0 Å². The minimum atomic E-state index is 0.179. The van der Waals surface area contributed by atoms with Crippen molar-refractivity contribution < 1.29 is 4.74 Å². The van der Waals surface area contributed by atoms with Gasteiger partial charge in [0.25, 0.3) is 0 Å². The van der Waals surface area contributed by atoms with Gasteiger partial charge in [-0.2, -0.15) is 5.26 Å². The third-order valence-corrected chi connectivity index (χ3v) is 4.33. The summed E-state index contributed by atoms with van der Waals surface area (Å²) >= 11 is 0. The van der Waals surface area contributed by atoms with Gasteiger partial charge < -0.3 is 10.1 Å². The van der Waals surface area contributed by atoms with Crippen LogP contribution in [-0.4, -0.2) is 38.2 Å². The maximum absolute atomic E-state index is 9.20. The zero-order chi connectivity index (χ0) is 15.4. The van der Waals surface area contributed by atoms with Crippen molar-refractivity contribution in [3.05, 3.63) is 42.0 Å². The van der Waals surface area contributed by atoms with Crippen LogP contribution < -0.4 is 10.1 Å². The molecule has 22 heavy (non-hydrogen) atoms. The van der Waals surface area contributed by atoms with E-state index in [-0.39, 0.29) is 6.04 Å². The fraction of sp³-hybridized carbons (Fsp3) is 0.389. The summed E-state index contributed by atoms with van der Waals surface area (Å²) in [5.74, 6) is 0.871. The molecule has 1 atom stereocenters. The van der Waals surface area contributed by atoms with Gasteiger partial charge in [-0.05, 0) is 34.5 Å². The minimum absolute atomic E-state index is 0.179. The zero-order valence-electron chi connectivity index (χ0n) is 12.9. The van der Waals surface area contributed by atoms with E-state index in [2.05, 4.69) is 40.6 Å². The topological polar surface area (TPSA) is 48.3 Å². The Morgan fingerprint density at radius 3 is 2.64 bits per heavy atom. The van der Waals surface area contributed by atoms with Crippen molar-refractivity contribution in [2.45, 2.75) is 12.5 Å². The van der Waals surface area contributed by atoms with E-state index < -0.39 is 0 Å². The smallest absolute Gasteiger partial charge is 0.119 e. The number of ether oxygens (including phenoxy) is 1. The number of fused-ring (bicyclic) bond motifs is 1. The van der Waals surface area contributed by atoms with Crippen LogP contribution in [0.25, 0.3) is 10.8 Å². The molecule has 2 aromatic rings. The Bertz CT molecular complexity index is 686. The fourth-order valence-electron chi connectivity index (χ4n) is 3.11. The Kier molecular flexibility index (Phi) is 4.57. The first-order chi connectivity index (χ1) is 10.8. The van der Waals surface area contributed by atoms with Crippen LogP contribution in [0.4, 0.5) is 0 Å². The van der Waals surface area contributed by atoms with Crippen LogP contribution in [0.1, 0.15) is 18.0 Å². The van der Waals surface area contributed by atoms with Gasteiger partial charge in [0.05, 0.1) is 19.6 Å². The van der Waals surface area contributed by atoms with Crippen molar-refractivity contribution >= 4 is 10.8 Å². The van der Waals surface area contributed by atoms with Crippen molar-refractivity contribution in [3.8, 4) is 11.8 Å². The van der Waals surface area contributed by atoms with Crippen molar-refractivity contribution in [1.82, 2.24) is 10.2 Å². The van der Waals surface area contributed by atoms with Crippen LogP contribution in [-0.2, 0) is 0 Å². The number of nitrogens with zero attached hydrogens (tertiary/aromatic N) is 2. The van der Waals surface area contributed by atoms with E-state index in [1.54, 1.807) is 7.11 Å². The number of rotatable bonds is 4. The van der Waals surface area contributed by atoms with Crippen molar-refractivity contribution in [2.75, 3.05) is 33.3 Å². The summed E-state index contributed by atoms with van der Waals surface area (Å²) in [6.07, 6.45) is 0.529. The van der Waals surface area contributed by atoms with Crippen LogP contribution in [0.15, 0.2) is 36.4 Å². The standard InChI is InChI=1S/C18H21N3O/c1-22-17-5-4-14-12-16(3-2-15(14)13-17)18(6-7-19)21-10-8-20-9-11-21/h2-5,12-13,18,20H,6,8-11H2,1H3/t18-/m1/s1. The highest BCUT2D eigenvalue weighted by Gasteiger charge is 2.22. The molecule has 1 saturated heterocycles. The van der Waals surface area contributed by atoms with Crippen LogP contribution >= 0.6 is 0 Å². The van der Waals surface area contributed by atoms with Gasteiger partial charge in [-0.15, -0.1) is 0 Å². The third-order valence-electron chi connectivity index (χ3n) is 4.33. The average Bonchev–Trinajstić information content (AvgIpc) is 2.59. The first-order valence-electron chi connectivity index (χ1n) is 7.71. The first kappa shape index (κ1) is 14.8. The second-order valence-electron chi connectivity index (χ2n) is 5.64. The monoisotopic (exact) mass is 295 g/mol. The maximum atomic E-state index is 9.20. The lowest BCUT2D eigenvalue weighted by Crippen LogP contribution is -2.45. The normalized spacial score (nSPS) is 17.1. The SMILES string of the molecule is COc1ccc2cc([C@@H](CC#N)N3CCNCC3)ccc2c1. The van der Waals surface area contributed by atoms with Gasteiger partial charge >= 0.3 is 0 Å². The molecule has 114 valence electrons. The molecular weight excluding hydrogens is 274 g/mol. The highest BCUT2D eigenvalue weighted by Crippen LogP contribution is 2.29. The van der Waals surface area contributed by atoms with E-state index in [0.717, 1.165) is 31.9 Å². The molecule has 1 aliphatic heterocycles. The molecule has 3 rings (SSSR count). The first-order valence-corrected chi connectivity index (χ1v) is 7.71. The number of benzene rings is 2. The molecule has 1 aliphatic rings. The summed E-state index contributed by atoms with van der Waals surface area (Å²) in [7, 11) is 1.68. The van der Waals surface area contributed by atoms with E-state index in [0.29, 0.717) is 6.42 Å². The van der Waals surface area contributed by atoms with Crippen LogP contribution in [0.3, 0.4) is 0 Å². The molecule has 0 spiro atoms. The van der Waals surface area contributed by atoms with Gasteiger partial charge in [0.15, 0.2) is 0 Å². The number of hydrogen-bond donors (Lipinski definition) is 1. The number of piperazine rings is 1. The number of nitriles is 1. The lowest BCUT2D eigenvalue weighted by molar-refractivity contribution is 0.176. The molecule has 1 heterocycles. The lowest BCUT2D eigenvalue weighted by Gasteiger charge is -2.34. The van der Waals surface area contributed by atoms with Crippen molar-refractivity contribution in [1.29, 1.82) is 5.26 Å². The Hall–Kier alpha value is -2.09. The number of methoxy groups -OCH3 is 1. The Morgan fingerprint density at radius 2 is 1.91 bits per heavy atom. The summed E-state index contributed by atoms with van der Waals surface area (Å²) in [5.41, 5.74) is 1.22. The van der Waals surface area contributed by atoms with E-state index in [4.69, 9.17) is 4.74 Å². The lowest BCUT2D eigenvalue weighted by atomic mass is 9.98. The molecule has 0 aliphatic carbocycles. The maximum Gasteiger partial charge on any atom is 0.119 e. The molecule has 1 N–H and O–H groups in total. The van der Waals surface area contributed by atoms with E-state index >= 15 is 0 Å². The summed E-state index contributed by atoms with van der Waals surface area (Å²) < 4.78 is 5.28. The minimum Gasteiger partial charge on any atom is -0.497 e. The van der Waals surface area contributed by atoms with E-state index in [9.17, 15) is 5.26 Å². The molecule has 2 aromatic carbocycles. The molecule has 4 heteroatoms. The highest BCUT2D eigenvalue weighted by molar-refractivity contribution is 5.84. The fourth-order valence-corrected chi connectivity index (χ4v) is 3.11.